The molecule has 0 radical (unpaired) electrons. The highest BCUT2D eigenvalue weighted by atomic mass is 127. The van der Waals surface area contributed by atoms with Gasteiger partial charge < -0.3 is 10.1 Å². The summed E-state index contributed by atoms with van der Waals surface area (Å²) in [4.78, 5) is 12.2. The van der Waals surface area contributed by atoms with Crippen LogP contribution in [0.4, 0.5) is 0 Å². The molecule has 1 aromatic rings. The number of halogens is 2. The Balaban J connectivity index is 2.84. The van der Waals surface area contributed by atoms with Crippen LogP contribution in [0.1, 0.15) is 37.0 Å². The lowest BCUT2D eigenvalue weighted by molar-refractivity contribution is 0.0943. The van der Waals surface area contributed by atoms with Crippen LogP contribution in [0.2, 0.25) is 5.02 Å². The summed E-state index contributed by atoms with van der Waals surface area (Å²) in [7, 11) is 1.55. The van der Waals surface area contributed by atoms with Crippen LogP contribution in [0.15, 0.2) is 12.1 Å². The van der Waals surface area contributed by atoms with E-state index < -0.39 is 0 Å². The van der Waals surface area contributed by atoms with Crippen molar-refractivity contribution in [3.05, 3.63) is 26.3 Å². The average Bonchev–Trinajstić information content (AvgIpc) is 2.42. The van der Waals surface area contributed by atoms with Gasteiger partial charge in [-0.3, -0.25) is 4.79 Å². The second-order valence-corrected chi connectivity index (χ2v) is 5.93. The van der Waals surface area contributed by atoms with Crippen molar-refractivity contribution in [2.45, 2.75) is 26.7 Å². The molecule has 0 bridgehead atoms. The number of carbonyl (C=O) groups excluding carboxylic acids is 1. The van der Waals surface area contributed by atoms with Crippen LogP contribution in [0.25, 0.3) is 0 Å². The minimum Gasteiger partial charge on any atom is -0.496 e. The molecule has 106 valence electrons. The molecule has 0 spiro atoms. The molecule has 0 heterocycles. The van der Waals surface area contributed by atoms with Crippen molar-refractivity contribution in [2.24, 2.45) is 5.92 Å². The molecule has 3 nitrogen and oxygen atoms in total. The van der Waals surface area contributed by atoms with Crippen molar-refractivity contribution in [2.75, 3.05) is 13.7 Å². The lowest BCUT2D eigenvalue weighted by atomic mass is 10.0. The van der Waals surface area contributed by atoms with Gasteiger partial charge in [-0.2, -0.15) is 0 Å². The maximum absolute atomic E-state index is 12.2. The minimum atomic E-state index is -0.137. The fourth-order valence-corrected chi connectivity index (χ4v) is 2.39. The van der Waals surface area contributed by atoms with Gasteiger partial charge in [-0.05, 0) is 40.6 Å². The molecule has 0 aliphatic rings. The average molecular weight is 396 g/mol. The molecule has 0 saturated heterocycles. The lowest BCUT2D eigenvalue weighted by Gasteiger charge is -2.15. The first kappa shape index (κ1) is 16.6. The van der Waals surface area contributed by atoms with Gasteiger partial charge in [0.25, 0.3) is 5.91 Å². The van der Waals surface area contributed by atoms with E-state index in [2.05, 4.69) is 41.8 Å². The van der Waals surface area contributed by atoms with E-state index in [0.717, 1.165) is 16.4 Å². The predicted molar refractivity (Wildman–Crippen MR) is 87.1 cm³/mol. The molecule has 1 aromatic carbocycles. The summed E-state index contributed by atoms with van der Waals surface area (Å²) in [5, 5.41) is 3.51. The normalized spacial score (nSPS) is 10.6. The molecule has 5 heteroatoms. The van der Waals surface area contributed by atoms with E-state index in [1.165, 1.54) is 0 Å². The number of nitrogens with one attached hydrogen (secondary N) is 1. The number of hydrogen-bond donors (Lipinski definition) is 1. The molecular formula is C14H19ClINO2. The van der Waals surface area contributed by atoms with E-state index in [0.29, 0.717) is 28.8 Å². The van der Waals surface area contributed by atoms with Gasteiger partial charge in [-0.25, -0.2) is 0 Å². The fourth-order valence-electron chi connectivity index (χ4n) is 1.78. The fraction of sp³-hybridized carbons (Fsp3) is 0.500. The first-order valence-electron chi connectivity index (χ1n) is 6.34. The summed E-state index contributed by atoms with van der Waals surface area (Å²) >= 11 is 8.17. The summed E-state index contributed by atoms with van der Waals surface area (Å²) in [5.41, 5.74) is 0.485. The van der Waals surface area contributed by atoms with Crippen LogP contribution in [0.3, 0.4) is 0 Å². The molecule has 0 aliphatic carbocycles. The maximum atomic E-state index is 12.2. The van der Waals surface area contributed by atoms with Crippen LogP contribution < -0.4 is 10.1 Å². The molecule has 0 unspecified atom stereocenters. The Hall–Kier alpha value is -0.490. The third-order valence-electron chi connectivity index (χ3n) is 3.19. The molecule has 1 N–H and O–H groups in total. The highest BCUT2D eigenvalue weighted by Crippen LogP contribution is 2.28. The zero-order valence-corrected chi connectivity index (χ0v) is 14.3. The predicted octanol–water partition coefficient (Wildman–Crippen LogP) is 4.12. The van der Waals surface area contributed by atoms with Crippen LogP contribution in [-0.4, -0.2) is 19.6 Å². The van der Waals surface area contributed by atoms with Crippen LogP contribution >= 0.6 is 34.2 Å². The highest BCUT2D eigenvalue weighted by Gasteiger charge is 2.15. The summed E-state index contributed by atoms with van der Waals surface area (Å²) in [6.45, 7) is 4.93. The van der Waals surface area contributed by atoms with Crippen molar-refractivity contribution >= 4 is 40.1 Å². The summed E-state index contributed by atoms with van der Waals surface area (Å²) in [6, 6.07) is 3.43. The number of carbonyl (C=O) groups is 1. The van der Waals surface area contributed by atoms with Crippen molar-refractivity contribution in [1.29, 1.82) is 0 Å². The second-order valence-electron chi connectivity index (χ2n) is 4.36. The molecule has 0 aromatic heterocycles. The quantitative estimate of drug-likeness (QED) is 0.736. The van der Waals surface area contributed by atoms with Crippen molar-refractivity contribution in [3.63, 3.8) is 0 Å². The Kier molecular flexibility index (Phi) is 6.93. The Morgan fingerprint density at radius 2 is 2.05 bits per heavy atom. The molecule has 1 amide bonds. The largest absolute Gasteiger partial charge is 0.496 e. The molecule has 0 fully saturated rings. The van der Waals surface area contributed by atoms with Crippen LogP contribution in [0, 0.1) is 9.49 Å². The molecule has 19 heavy (non-hydrogen) atoms. The second kappa shape index (κ2) is 7.94. The van der Waals surface area contributed by atoms with Crippen molar-refractivity contribution < 1.29 is 9.53 Å². The Bertz CT molecular complexity index is 447. The number of ether oxygens (including phenoxy) is 1. The van der Waals surface area contributed by atoms with Gasteiger partial charge in [0.2, 0.25) is 0 Å². The highest BCUT2D eigenvalue weighted by molar-refractivity contribution is 14.1. The summed E-state index contributed by atoms with van der Waals surface area (Å²) < 4.78 is 6.11. The third-order valence-corrected chi connectivity index (χ3v) is 4.72. The van der Waals surface area contributed by atoms with E-state index in [9.17, 15) is 4.79 Å². The number of amides is 1. The van der Waals surface area contributed by atoms with Gasteiger partial charge >= 0.3 is 0 Å². The van der Waals surface area contributed by atoms with E-state index in [1.54, 1.807) is 19.2 Å². The maximum Gasteiger partial charge on any atom is 0.255 e. The van der Waals surface area contributed by atoms with E-state index in [1.807, 2.05) is 0 Å². The summed E-state index contributed by atoms with van der Waals surface area (Å²) in [6.07, 6.45) is 2.11. The zero-order chi connectivity index (χ0) is 14.4. The van der Waals surface area contributed by atoms with Crippen molar-refractivity contribution in [1.82, 2.24) is 5.32 Å². The standard InChI is InChI=1S/C14H19ClINO2/c1-4-9(5-2)8-17-14(18)10-6-11(15)12(16)7-13(10)19-3/h6-7,9H,4-5,8H2,1-3H3,(H,17,18). The molecule has 1 rings (SSSR count). The molecule has 0 aliphatic heterocycles. The monoisotopic (exact) mass is 395 g/mol. The van der Waals surface area contributed by atoms with E-state index >= 15 is 0 Å². The first-order valence-corrected chi connectivity index (χ1v) is 7.80. The van der Waals surface area contributed by atoms with Gasteiger partial charge in [-0.1, -0.05) is 38.3 Å². The smallest absolute Gasteiger partial charge is 0.255 e. The van der Waals surface area contributed by atoms with Crippen LogP contribution in [-0.2, 0) is 0 Å². The number of benzene rings is 1. The number of hydrogen-bond acceptors (Lipinski definition) is 2. The number of methoxy groups -OCH3 is 1. The van der Waals surface area contributed by atoms with E-state index in [-0.39, 0.29) is 5.91 Å². The SMILES string of the molecule is CCC(CC)CNC(=O)c1cc(Cl)c(I)cc1OC. The number of rotatable bonds is 6. The minimum absolute atomic E-state index is 0.137. The van der Waals surface area contributed by atoms with Gasteiger partial charge in [0.15, 0.2) is 0 Å². The van der Waals surface area contributed by atoms with Gasteiger partial charge in [0.1, 0.15) is 5.75 Å². The van der Waals surface area contributed by atoms with Gasteiger partial charge in [0, 0.05) is 10.1 Å². The Morgan fingerprint density at radius 3 is 2.58 bits per heavy atom. The molecular weight excluding hydrogens is 377 g/mol. The Labute approximate surface area is 133 Å². The lowest BCUT2D eigenvalue weighted by Crippen LogP contribution is -2.29. The Morgan fingerprint density at radius 1 is 1.42 bits per heavy atom. The molecule has 0 atom stereocenters. The third kappa shape index (κ3) is 4.53. The summed E-state index contributed by atoms with van der Waals surface area (Å²) in [5.74, 6) is 0.923. The topological polar surface area (TPSA) is 38.3 Å². The van der Waals surface area contributed by atoms with Crippen LogP contribution in [0.5, 0.6) is 5.75 Å². The van der Waals surface area contributed by atoms with Gasteiger partial charge in [-0.15, -0.1) is 0 Å². The first-order chi connectivity index (χ1) is 9.03. The van der Waals surface area contributed by atoms with E-state index in [4.69, 9.17) is 16.3 Å². The zero-order valence-electron chi connectivity index (χ0n) is 11.4. The molecule has 0 saturated carbocycles. The van der Waals surface area contributed by atoms with Crippen molar-refractivity contribution in [3.8, 4) is 5.75 Å². The van der Waals surface area contributed by atoms with Gasteiger partial charge in [0.05, 0.1) is 17.7 Å².